The molecule has 0 heterocycles. The minimum atomic E-state index is 0.0869. The summed E-state index contributed by atoms with van der Waals surface area (Å²) in [5.41, 5.74) is 1.05. The fourth-order valence-electron chi connectivity index (χ4n) is 1.07. The number of rotatable bonds is 5. The summed E-state index contributed by atoms with van der Waals surface area (Å²) in [6.07, 6.45) is 0.0869. The van der Waals surface area contributed by atoms with Crippen LogP contribution in [0.5, 0.6) is 5.75 Å². The number of benzene rings is 1. The van der Waals surface area contributed by atoms with E-state index in [-0.39, 0.29) is 6.10 Å². The van der Waals surface area contributed by atoms with Crippen LogP contribution in [-0.4, -0.2) is 19.8 Å². The first-order valence-electron chi connectivity index (χ1n) is 4.67. The number of alkyl halides is 1. The predicted molar refractivity (Wildman–Crippen MR) is 66.0 cm³/mol. The van der Waals surface area contributed by atoms with E-state index >= 15 is 0 Å². The van der Waals surface area contributed by atoms with Crippen molar-refractivity contribution in [2.75, 3.05) is 13.7 Å². The van der Waals surface area contributed by atoms with Crippen molar-refractivity contribution < 1.29 is 9.47 Å². The van der Waals surface area contributed by atoms with Gasteiger partial charge in [0.2, 0.25) is 0 Å². The molecule has 1 atom stereocenters. The van der Waals surface area contributed by atoms with Crippen LogP contribution in [0.1, 0.15) is 12.5 Å². The highest BCUT2D eigenvalue weighted by Gasteiger charge is 2.06. The second kappa shape index (κ2) is 6.36. The second-order valence-electron chi connectivity index (χ2n) is 3.24. The van der Waals surface area contributed by atoms with Crippen molar-refractivity contribution in [1.29, 1.82) is 0 Å². The number of ether oxygens (including phenoxy) is 2. The molecule has 84 valence electrons. The molecule has 0 saturated heterocycles. The highest BCUT2D eigenvalue weighted by atomic mass is 79.9. The molecule has 1 unspecified atom stereocenters. The molecule has 0 bridgehead atoms. The molecule has 0 N–H and O–H groups in total. The Labute approximate surface area is 104 Å². The summed E-state index contributed by atoms with van der Waals surface area (Å²) in [5, 5.41) is 1.45. The van der Waals surface area contributed by atoms with Crippen molar-refractivity contribution >= 4 is 27.5 Å². The zero-order chi connectivity index (χ0) is 11.3. The summed E-state index contributed by atoms with van der Waals surface area (Å²) in [5.74, 6) is 0.847. The summed E-state index contributed by atoms with van der Waals surface area (Å²) in [4.78, 5) is 0. The molecule has 0 aliphatic rings. The molecule has 1 aromatic rings. The van der Waals surface area contributed by atoms with E-state index in [4.69, 9.17) is 21.1 Å². The molecule has 0 spiro atoms. The van der Waals surface area contributed by atoms with Gasteiger partial charge >= 0.3 is 0 Å². The molecule has 1 aromatic carbocycles. The van der Waals surface area contributed by atoms with Crippen molar-refractivity contribution in [3.63, 3.8) is 0 Å². The molecule has 0 radical (unpaired) electrons. The van der Waals surface area contributed by atoms with Crippen LogP contribution in [0.2, 0.25) is 5.02 Å². The van der Waals surface area contributed by atoms with Gasteiger partial charge in [-0.05, 0) is 25.1 Å². The molecule has 0 aliphatic carbocycles. The van der Waals surface area contributed by atoms with Gasteiger partial charge in [0.05, 0.1) is 6.10 Å². The largest absolute Gasteiger partial charge is 0.491 e. The Morgan fingerprint density at radius 2 is 2.20 bits per heavy atom. The van der Waals surface area contributed by atoms with Crippen LogP contribution < -0.4 is 4.74 Å². The standard InChI is InChI=1S/C11H14BrClO2/c1-8(14-2)7-15-11-4-3-10(13)5-9(11)6-12/h3-5,8H,6-7H2,1-2H3. The Bertz CT molecular complexity index is 317. The average Bonchev–Trinajstić information content (AvgIpc) is 2.26. The number of methoxy groups -OCH3 is 1. The second-order valence-corrected chi connectivity index (χ2v) is 4.24. The fourth-order valence-corrected chi connectivity index (χ4v) is 1.70. The van der Waals surface area contributed by atoms with Crippen LogP contribution in [0.15, 0.2) is 18.2 Å². The molecule has 15 heavy (non-hydrogen) atoms. The van der Waals surface area contributed by atoms with Gasteiger partial charge in [0.1, 0.15) is 12.4 Å². The Morgan fingerprint density at radius 3 is 2.80 bits per heavy atom. The lowest BCUT2D eigenvalue weighted by atomic mass is 10.2. The first kappa shape index (κ1) is 12.8. The van der Waals surface area contributed by atoms with Crippen molar-refractivity contribution in [3.8, 4) is 5.75 Å². The Balaban J connectivity index is 2.67. The van der Waals surface area contributed by atoms with Crippen molar-refractivity contribution in [2.45, 2.75) is 18.4 Å². The van der Waals surface area contributed by atoms with Gasteiger partial charge in [0.25, 0.3) is 0 Å². The van der Waals surface area contributed by atoms with Gasteiger partial charge < -0.3 is 9.47 Å². The first-order valence-corrected chi connectivity index (χ1v) is 6.17. The highest BCUT2D eigenvalue weighted by molar-refractivity contribution is 9.08. The quantitative estimate of drug-likeness (QED) is 0.772. The summed E-state index contributed by atoms with van der Waals surface area (Å²) in [6, 6.07) is 5.59. The van der Waals surface area contributed by atoms with Gasteiger partial charge in [0.15, 0.2) is 0 Å². The van der Waals surface area contributed by atoms with E-state index < -0.39 is 0 Å². The van der Waals surface area contributed by atoms with E-state index in [2.05, 4.69) is 15.9 Å². The maximum absolute atomic E-state index is 5.88. The predicted octanol–water partition coefficient (Wildman–Crippen LogP) is 3.65. The zero-order valence-electron chi connectivity index (χ0n) is 8.80. The van der Waals surface area contributed by atoms with E-state index in [1.165, 1.54) is 0 Å². The number of halogens is 2. The first-order chi connectivity index (χ1) is 7.17. The molecule has 2 nitrogen and oxygen atoms in total. The zero-order valence-corrected chi connectivity index (χ0v) is 11.1. The normalized spacial score (nSPS) is 12.5. The smallest absolute Gasteiger partial charge is 0.123 e. The molecule has 0 aromatic heterocycles. The summed E-state index contributed by atoms with van der Waals surface area (Å²) in [7, 11) is 1.67. The molecule has 4 heteroatoms. The topological polar surface area (TPSA) is 18.5 Å². The van der Waals surface area contributed by atoms with Gasteiger partial charge in [-0.15, -0.1) is 0 Å². The van der Waals surface area contributed by atoms with Crippen LogP contribution in [-0.2, 0) is 10.1 Å². The van der Waals surface area contributed by atoms with E-state index in [0.29, 0.717) is 6.61 Å². The van der Waals surface area contributed by atoms with E-state index in [0.717, 1.165) is 21.7 Å². The lowest BCUT2D eigenvalue weighted by Gasteiger charge is -2.13. The minimum Gasteiger partial charge on any atom is -0.491 e. The van der Waals surface area contributed by atoms with Crippen molar-refractivity contribution in [1.82, 2.24) is 0 Å². The lowest BCUT2D eigenvalue weighted by Crippen LogP contribution is -2.16. The maximum atomic E-state index is 5.88. The van der Waals surface area contributed by atoms with Gasteiger partial charge in [-0.25, -0.2) is 0 Å². The van der Waals surface area contributed by atoms with Crippen LogP contribution >= 0.6 is 27.5 Å². The number of hydrogen-bond acceptors (Lipinski definition) is 2. The Morgan fingerprint density at radius 1 is 1.47 bits per heavy atom. The summed E-state index contributed by atoms with van der Waals surface area (Å²) >= 11 is 9.28. The van der Waals surface area contributed by atoms with Gasteiger partial charge in [0, 0.05) is 23.0 Å². The number of hydrogen-bond donors (Lipinski definition) is 0. The minimum absolute atomic E-state index is 0.0869. The van der Waals surface area contributed by atoms with Crippen LogP contribution in [0.25, 0.3) is 0 Å². The molecule has 0 fully saturated rings. The van der Waals surface area contributed by atoms with Crippen LogP contribution in [0.3, 0.4) is 0 Å². The van der Waals surface area contributed by atoms with E-state index in [1.807, 2.05) is 25.1 Å². The molecule has 0 aliphatic heterocycles. The van der Waals surface area contributed by atoms with Gasteiger partial charge in [-0.1, -0.05) is 27.5 Å². The SMILES string of the molecule is COC(C)COc1ccc(Cl)cc1CBr. The molecule has 1 rings (SSSR count). The summed E-state index contributed by atoms with van der Waals surface area (Å²) in [6.45, 7) is 2.50. The summed E-state index contributed by atoms with van der Waals surface area (Å²) < 4.78 is 10.7. The fraction of sp³-hybridized carbons (Fsp3) is 0.455. The van der Waals surface area contributed by atoms with Crippen LogP contribution in [0.4, 0.5) is 0 Å². The van der Waals surface area contributed by atoms with Gasteiger partial charge in [-0.2, -0.15) is 0 Å². The average molecular weight is 294 g/mol. The van der Waals surface area contributed by atoms with E-state index in [1.54, 1.807) is 7.11 Å². The molecular weight excluding hydrogens is 279 g/mol. The molecule has 0 saturated carbocycles. The van der Waals surface area contributed by atoms with Crippen LogP contribution in [0, 0.1) is 0 Å². The highest BCUT2D eigenvalue weighted by Crippen LogP contribution is 2.25. The van der Waals surface area contributed by atoms with E-state index in [9.17, 15) is 0 Å². The molecular formula is C11H14BrClO2. The Hall–Kier alpha value is -0.250. The monoisotopic (exact) mass is 292 g/mol. The van der Waals surface area contributed by atoms with Gasteiger partial charge in [-0.3, -0.25) is 0 Å². The van der Waals surface area contributed by atoms with Crippen molar-refractivity contribution in [3.05, 3.63) is 28.8 Å². The third-order valence-corrected chi connectivity index (χ3v) is 2.88. The molecule has 0 amide bonds. The lowest BCUT2D eigenvalue weighted by molar-refractivity contribution is 0.0714. The third kappa shape index (κ3) is 4.01. The third-order valence-electron chi connectivity index (χ3n) is 2.04. The Kier molecular flexibility index (Phi) is 5.43. The maximum Gasteiger partial charge on any atom is 0.123 e. The van der Waals surface area contributed by atoms with Crippen molar-refractivity contribution in [2.24, 2.45) is 0 Å².